The number of likely N-dealkylation sites (N-methyl/N-ethyl adjacent to an activating group) is 1. The highest BCUT2D eigenvalue weighted by atomic mass is 19.4. The number of carbonyl (C=O) groups is 2. The molecule has 1 aliphatic heterocycles. The Balaban J connectivity index is 2.35. The first-order chi connectivity index (χ1) is 10.1. The van der Waals surface area contributed by atoms with E-state index in [2.05, 4.69) is 0 Å². The van der Waals surface area contributed by atoms with Gasteiger partial charge in [0.2, 0.25) is 11.8 Å². The molecule has 0 saturated carbocycles. The number of carbonyl (C=O) groups excluding carboxylic acids is 2. The van der Waals surface area contributed by atoms with Crippen molar-refractivity contribution in [1.29, 1.82) is 0 Å². The van der Waals surface area contributed by atoms with E-state index in [0.717, 1.165) is 6.07 Å². The van der Waals surface area contributed by atoms with Gasteiger partial charge < -0.3 is 9.80 Å². The van der Waals surface area contributed by atoms with Crippen molar-refractivity contribution >= 4 is 11.8 Å². The van der Waals surface area contributed by atoms with E-state index in [1.807, 2.05) is 0 Å². The summed E-state index contributed by atoms with van der Waals surface area (Å²) in [5.74, 6) is -0.636. The predicted molar refractivity (Wildman–Crippen MR) is 73.7 cm³/mol. The van der Waals surface area contributed by atoms with Crippen molar-refractivity contribution < 1.29 is 22.8 Å². The fourth-order valence-electron chi connectivity index (χ4n) is 2.55. The van der Waals surface area contributed by atoms with Crippen molar-refractivity contribution in [3.63, 3.8) is 0 Å². The summed E-state index contributed by atoms with van der Waals surface area (Å²) in [5.41, 5.74) is -0.797. The van der Waals surface area contributed by atoms with Crippen LogP contribution < -0.4 is 0 Å². The van der Waals surface area contributed by atoms with Crippen molar-refractivity contribution in [2.24, 2.45) is 0 Å². The number of halogens is 3. The lowest BCUT2D eigenvalue weighted by Gasteiger charge is -2.41. The lowest BCUT2D eigenvalue weighted by atomic mass is 10.0. The maximum atomic E-state index is 13.0. The fourth-order valence-corrected chi connectivity index (χ4v) is 2.55. The summed E-state index contributed by atoms with van der Waals surface area (Å²) in [4.78, 5) is 26.9. The van der Waals surface area contributed by atoms with E-state index < -0.39 is 23.8 Å². The quantitative estimate of drug-likeness (QED) is 0.840. The Labute approximate surface area is 126 Å². The SMILES string of the molecule is C[C@H]1C(=O)N(Cc2ccccc2C(F)(F)F)[C@@H](C)C(=O)N1C. The standard InChI is InChI=1S/C15H17F3N2O2/c1-9-14(22)20(10(2)13(21)19(9)3)8-11-6-4-5-7-12(11)15(16,17)18/h4-7,9-10H,8H2,1-3H3/t9-,10-/m0/s1. The zero-order chi connectivity index (χ0) is 16.7. The molecule has 0 aromatic heterocycles. The summed E-state index contributed by atoms with van der Waals surface area (Å²) in [5, 5.41) is 0. The first kappa shape index (κ1) is 16.3. The molecular weight excluding hydrogens is 297 g/mol. The lowest BCUT2D eigenvalue weighted by molar-refractivity contribution is -0.159. The van der Waals surface area contributed by atoms with Gasteiger partial charge in [0.15, 0.2) is 0 Å². The summed E-state index contributed by atoms with van der Waals surface area (Å²) in [6.07, 6.45) is -4.49. The van der Waals surface area contributed by atoms with Crippen molar-refractivity contribution in [2.75, 3.05) is 7.05 Å². The second-order valence-electron chi connectivity index (χ2n) is 5.42. The van der Waals surface area contributed by atoms with Gasteiger partial charge in [-0.1, -0.05) is 18.2 Å². The Morgan fingerprint density at radius 1 is 1.05 bits per heavy atom. The molecule has 1 saturated heterocycles. The van der Waals surface area contributed by atoms with Gasteiger partial charge in [0.1, 0.15) is 12.1 Å². The highest BCUT2D eigenvalue weighted by Crippen LogP contribution is 2.33. The minimum absolute atomic E-state index is 0.0141. The first-order valence-electron chi connectivity index (χ1n) is 6.87. The van der Waals surface area contributed by atoms with Gasteiger partial charge in [0.25, 0.3) is 0 Å². The molecule has 120 valence electrons. The van der Waals surface area contributed by atoms with Crippen LogP contribution >= 0.6 is 0 Å². The third-order valence-electron chi connectivity index (χ3n) is 4.06. The van der Waals surface area contributed by atoms with Crippen molar-refractivity contribution in [2.45, 2.75) is 38.7 Å². The van der Waals surface area contributed by atoms with Crippen LogP contribution in [0.25, 0.3) is 0 Å². The Hall–Kier alpha value is -2.05. The van der Waals surface area contributed by atoms with E-state index in [9.17, 15) is 22.8 Å². The molecule has 1 aromatic carbocycles. The van der Waals surface area contributed by atoms with Crippen LogP contribution in [0.5, 0.6) is 0 Å². The molecule has 0 unspecified atom stereocenters. The van der Waals surface area contributed by atoms with Crippen LogP contribution in [0.2, 0.25) is 0 Å². The maximum absolute atomic E-state index is 13.0. The zero-order valence-corrected chi connectivity index (χ0v) is 12.5. The van der Waals surface area contributed by atoms with Crippen LogP contribution in [0.15, 0.2) is 24.3 Å². The van der Waals surface area contributed by atoms with Gasteiger partial charge in [-0.25, -0.2) is 0 Å². The summed E-state index contributed by atoms with van der Waals surface area (Å²) < 4.78 is 39.1. The number of hydrogen-bond acceptors (Lipinski definition) is 2. The van der Waals surface area contributed by atoms with Crippen molar-refractivity contribution in [3.8, 4) is 0 Å². The Bertz CT molecular complexity index is 601. The highest BCUT2D eigenvalue weighted by molar-refractivity contribution is 5.96. The van der Waals surface area contributed by atoms with Gasteiger partial charge in [-0.15, -0.1) is 0 Å². The number of rotatable bonds is 2. The van der Waals surface area contributed by atoms with Crippen LogP contribution in [-0.2, 0) is 22.3 Å². The monoisotopic (exact) mass is 314 g/mol. The number of amides is 2. The van der Waals surface area contributed by atoms with E-state index in [1.54, 1.807) is 6.92 Å². The van der Waals surface area contributed by atoms with Crippen LogP contribution in [-0.4, -0.2) is 40.7 Å². The molecule has 22 heavy (non-hydrogen) atoms. The second kappa shape index (κ2) is 5.62. The van der Waals surface area contributed by atoms with Crippen molar-refractivity contribution in [1.82, 2.24) is 9.80 Å². The lowest BCUT2D eigenvalue weighted by Crippen LogP contribution is -2.61. The van der Waals surface area contributed by atoms with Crippen LogP contribution in [0.4, 0.5) is 13.2 Å². The molecule has 0 radical (unpaired) electrons. The number of alkyl halides is 3. The highest BCUT2D eigenvalue weighted by Gasteiger charge is 2.41. The average molecular weight is 314 g/mol. The minimum atomic E-state index is -4.49. The third kappa shape index (κ3) is 2.80. The molecule has 2 rings (SSSR count). The normalized spacial score (nSPS) is 23.2. The molecule has 2 atom stereocenters. The topological polar surface area (TPSA) is 40.6 Å². The minimum Gasteiger partial charge on any atom is -0.332 e. The number of piperazine rings is 1. The van der Waals surface area contributed by atoms with E-state index >= 15 is 0 Å². The summed E-state index contributed by atoms with van der Waals surface area (Å²) in [6.45, 7) is 2.85. The van der Waals surface area contributed by atoms with Gasteiger partial charge in [-0.2, -0.15) is 13.2 Å². The van der Waals surface area contributed by atoms with E-state index in [1.165, 1.54) is 42.0 Å². The molecule has 0 spiro atoms. The van der Waals surface area contributed by atoms with Gasteiger partial charge in [-0.3, -0.25) is 9.59 Å². The molecule has 2 amide bonds. The largest absolute Gasteiger partial charge is 0.416 e. The third-order valence-corrected chi connectivity index (χ3v) is 4.06. The molecule has 0 bridgehead atoms. The zero-order valence-electron chi connectivity index (χ0n) is 12.5. The van der Waals surface area contributed by atoms with Crippen LogP contribution in [0.3, 0.4) is 0 Å². The molecular formula is C15H17F3N2O2. The molecule has 1 fully saturated rings. The van der Waals surface area contributed by atoms with E-state index in [4.69, 9.17) is 0 Å². The van der Waals surface area contributed by atoms with Crippen LogP contribution in [0, 0.1) is 0 Å². The number of hydrogen-bond donors (Lipinski definition) is 0. The number of nitrogens with zero attached hydrogens (tertiary/aromatic N) is 2. The van der Waals surface area contributed by atoms with Crippen molar-refractivity contribution in [3.05, 3.63) is 35.4 Å². The van der Waals surface area contributed by atoms with E-state index in [-0.39, 0.29) is 23.9 Å². The Morgan fingerprint density at radius 3 is 2.23 bits per heavy atom. The maximum Gasteiger partial charge on any atom is 0.416 e. The van der Waals surface area contributed by atoms with Crippen LogP contribution in [0.1, 0.15) is 25.0 Å². The molecule has 4 nitrogen and oxygen atoms in total. The molecule has 7 heteroatoms. The number of benzene rings is 1. The fraction of sp³-hybridized carbons (Fsp3) is 0.467. The predicted octanol–water partition coefficient (Wildman–Crippen LogP) is 2.28. The van der Waals surface area contributed by atoms with Gasteiger partial charge >= 0.3 is 6.18 Å². The average Bonchev–Trinajstić information content (AvgIpc) is 2.47. The van der Waals surface area contributed by atoms with E-state index in [0.29, 0.717) is 0 Å². The first-order valence-corrected chi connectivity index (χ1v) is 6.87. The molecule has 1 aliphatic rings. The molecule has 1 heterocycles. The summed E-state index contributed by atoms with van der Waals surface area (Å²) in [6, 6.07) is 3.63. The van der Waals surface area contributed by atoms with Gasteiger partial charge in [-0.05, 0) is 25.5 Å². The molecule has 0 N–H and O–H groups in total. The summed E-state index contributed by atoms with van der Waals surface area (Å²) in [7, 11) is 1.52. The summed E-state index contributed by atoms with van der Waals surface area (Å²) >= 11 is 0. The van der Waals surface area contributed by atoms with Gasteiger partial charge in [0, 0.05) is 13.6 Å². The Kier molecular flexibility index (Phi) is 4.17. The smallest absolute Gasteiger partial charge is 0.332 e. The second-order valence-corrected chi connectivity index (χ2v) is 5.42. The molecule has 0 aliphatic carbocycles. The van der Waals surface area contributed by atoms with Gasteiger partial charge in [0.05, 0.1) is 5.56 Å². The molecule has 1 aromatic rings. The Morgan fingerprint density at radius 2 is 1.64 bits per heavy atom.